The van der Waals surface area contributed by atoms with Crippen LogP contribution in [0, 0.1) is 10.1 Å². The molecule has 0 aliphatic carbocycles. The van der Waals surface area contributed by atoms with E-state index in [2.05, 4.69) is 21.6 Å². The fraction of sp³-hybridized carbons (Fsp3) is 0.333. The summed E-state index contributed by atoms with van der Waals surface area (Å²) in [6, 6.07) is 12.8. The van der Waals surface area contributed by atoms with Gasteiger partial charge in [-0.15, -0.1) is 0 Å². The van der Waals surface area contributed by atoms with Crippen molar-refractivity contribution < 1.29 is 13.3 Å². The summed E-state index contributed by atoms with van der Waals surface area (Å²) < 4.78 is 27.2. The standard InChI is InChI=1S/C18H22N4O4S/c1-20-9-11-21(12-10-20)16-7-5-15(6-8-16)14-19-27(25,26)18-4-2-3-17(13-18)22(23)24/h2-8,13,19H,9-12,14H2,1H3. The maximum absolute atomic E-state index is 12.4. The Balaban J connectivity index is 1.64. The van der Waals surface area contributed by atoms with Crippen LogP contribution in [0.3, 0.4) is 0 Å². The highest BCUT2D eigenvalue weighted by molar-refractivity contribution is 7.89. The van der Waals surface area contributed by atoms with E-state index in [4.69, 9.17) is 0 Å². The average Bonchev–Trinajstić information content (AvgIpc) is 2.67. The number of rotatable bonds is 6. The number of nitro benzene ring substituents is 1. The largest absolute Gasteiger partial charge is 0.369 e. The summed E-state index contributed by atoms with van der Waals surface area (Å²) in [5.74, 6) is 0. The van der Waals surface area contributed by atoms with Gasteiger partial charge < -0.3 is 9.80 Å². The minimum absolute atomic E-state index is 0.119. The lowest BCUT2D eigenvalue weighted by molar-refractivity contribution is -0.385. The van der Waals surface area contributed by atoms with E-state index >= 15 is 0 Å². The maximum Gasteiger partial charge on any atom is 0.270 e. The summed E-state index contributed by atoms with van der Waals surface area (Å²) in [4.78, 5) is 14.7. The smallest absolute Gasteiger partial charge is 0.270 e. The summed E-state index contributed by atoms with van der Waals surface area (Å²) in [5, 5.41) is 10.8. The van der Waals surface area contributed by atoms with Gasteiger partial charge in [-0.05, 0) is 30.8 Å². The van der Waals surface area contributed by atoms with Crippen LogP contribution < -0.4 is 9.62 Å². The lowest BCUT2D eigenvalue weighted by atomic mass is 10.2. The average molecular weight is 390 g/mol. The molecule has 1 heterocycles. The maximum atomic E-state index is 12.4. The zero-order valence-corrected chi connectivity index (χ0v) is 15.9. The third-order valence-electron chi connectivity index (χ3n) is 4.61. The molecule has 8 nitrogen and oxygen atoms in total. The molecule has 0 spiro atoms. The zero-order valence-electron chi connectivity index (χ0n) is 15.0. The van der Waals surface area contributed by atoms with Crippen molar-refractivity contribution in [1.29, 1.82) is 0 Å². The monoisotopic (exact) mass is 390 g/mol. The van der Waals surface area contributed by atoms with E-state index in [1.165, 1.54) is 18.2 Å². The number of benzene rings is 2. The zero-order chi connectivity index (χ0) is 19.4. The fourth-order valence-electron chi connectivity index (χ4n) is 2.92. The van der Waals surface area contributed by atoms with Crippen molar-refractivity contribution in [2.24, 2.45) is 0 Å². The molecule has 2 aromatic carbocycles. The van der Waals surface area contributed by atoms with Crippen molar-refractivity contribution in [2.75, 3.05) is 38.1 Å². The Morgan fingerprint density at radius 2 is 1.74 bits per heavy atom. The van der Waals surface area contributed by atoms with Gasteiger partial charge in [0.1, 0.15) is 0 Å². The predicted molar refractivity (Wildman–Crippen MR) is 103 cm³/mol. The van der Waals surface area contributed by atoms with Gasteiger partial charge in [-0.25, -0.2) is 13.1 Å². The molecule has 0 unspecified atom stereocenters. The quantitative estimate of drug-likeness (QED) is 0.597. The number of nitrogens with one attached hydrogen (secondary N) is 1. The summed E-state index contributed by atoms with van der Waals surface area (Å²) in [6.45, 7) is 4.09. The molecule has 0 saturated carbocycles. The number of likely N-dealkylation sites (N-methyl/N-ethyl adjacent to an activating group) is 1. The molecule has 144 valence electrons. The highest BCUT2D eigenvalue weighted by Crippen LogP contribution is 2.19. The van der Waals surface area contributed by atoms with Crippen LogP contribution in [0.15, 0.2) is 53.4 Å². The number of non-ortho nitro benzene ring substituents is 1. The topological polar surface area (TPSA) is 95.8 Å². The van der Waals surface area contributed by atoms with Crippen LogP contribution in [0.4, 0.5) is 11.4 Å². The molecule has 1 aliphatic rings. The van der Waals surface area contributed by atoms with Crippen molar-refractivity contribution in [1.82, 2.24) is 9.62 Å². The minimum Gasteiger partial charge on any atom is -0.369 e. The van der Waals surface area contributed by atoms with E-state index in [-0.39, 0.29) is 17.1 Å². The molecule has 1 N–H and O–H groups in total. The molecule has 0 atom stereocenters. The van der Waals surface area contributed by atoms with Gasteiger partial charge in [0, 0.05) is 50.5 Å². The molecule has 9 heteroatoms. The van der Waals surface area contributed by atoms with E-state index in [9.17, 15) is 18.5 Å². The fourth-order valence-corrected chi connectivity index (χ4v) is 3.97. The lowest BCUT2D eigenvalue weighted by Gasteiger charge is -2.34. The van der Waals surface area contributed by atoms with Crippen molar-refractivity contribution in [3.63, 3.8) is 0 Å². The molecular formula is C18H22N4O4S. The highest BCUT2D eigenvalue weighted by Gasteiger charge is 2.18. The molecule has 0 amide bonds. The van der Waals surface area contributed by atoms with Crippen LogP contribution in [-0.2, 0) is 16.6 Å². The first-order valence-electron chi connectivity index (χ1n) is 8.62. The van der Waals surface area contributed by atoms with Gasteiger partial charge in [-0.3, -0.25) is 10.1 Å². The van der Waals surface area contributed by atoms with Gasteiger partial charge in [0.05, 0.1) is 9.82 Å². The van der Waals surface area contributed by atoms with Crippen molar-refractivity contribution in [2.45, 2.75) is 11.4 Å². The number of nitro groups is 1. The van der Waals surface area contributed by atoms with Crippen molar-refractivity contribution >= 4 is 21.4 Å². The summed E-state index contributed by atoms with van der Waals surface area (Å²) in [7, 11) is -1.72. The number of sulfonamides is 1. The number of piperazine rings is 1. The Bertz CT molecular complexity index is 907. The van der Waals surface area contributed by atoms with Gasteiger partial charge in [-0.2, -0.15) is 0 Å². The Hall–Kier alpha value is -2.49. The van der Waals surface area contributed by atoms with Gasteiger partial charge in [-0.1, -0.05) is 18.2 Å². The van der Waals surface area contributed by atoms with Crippen LogP contribution in [-0.4, -0.2) is 51.5 Å². The molecular weight excluding hydrogens is 368 g/mol. The first-order chi connectivity index (χ1) is 12.8. The minimum atomic E-state index is -3.82. The van der Waals surface area contributed by atoms with Gasteiger partial charge in [0.15, 0.2) is 0 Å². The van der Waals surface area contributed by atoms with Crippen LogP contribution >= 0.6 is 0 Å². The second-order valence-electron chi connectivity index (χ2n) is 6.54. The second-order valence-corrected chi connectivity index (χ2v) is 8.30. The first-order valence-corrected chi connectivity index (χ1v) is 10.1. The van der Waals surface area contributed by atoms with Gasteiger partial charge in [0.2, 0.25) is 10.0 Å². The molecule has 1 saturated heterocycles. The van der Waals surface area contributed by atoms with Crippen molar-refractivity contribution in [3.8, 4) is 0 Å². The first kappa shape index (κ1) is 19.3. The number of nitrogens with zero attached hydrogens (tertiary/aromatic N) is 3. The van der Waals surface area contributed by atoms with E-state index in [1.54, 1.807) is 0 Å². The summed E-state index contributed by atoms with van der Waals surface area (Å²) >= 11 is 0. The Morgan fingerprint density at radius 3 is 2.37 bits per heavy atom. The van der Waals surface area contributed by atoms with Crippen LogP contribution in [0.5, 0.6) is 0 Å². The molecule has 0 bridgehead atoms. The third kappa shape index (κ3) is 4.82. The molecule has 0 radical (unpaired) electrons. The number of hydrogen-bond donors (Lipinski definition) is 1. The second kappa shape index (κ2) is 8.03. The SMILES string of the molecule is CN1CCN(c2ccc(CNS(=O)(=O)c3cccc([N+](=O)[O-])c3)cc2)CC1. The van der Waals surface area contributed by atoms with Gasteiger partial charge in [0.25, 0.3) is 5.69 Å². The normalized spacial score (nSPS) is 15.7. The Morgan fingerprint density at radius 1 is 1.07 bits per heavy atom. The highest BCUT2D eigenvalue weighted by atomic mass is 32.2. The van der Waals surface area contributed by atoms with E-state index < -0.39 is 14.9 Å². The van der Waals surface area contributed by atoms with Gasteiger partial charge >= 0.3 is 0 Å². The van der Waals surface area contributed by atoms with Crippen LogP contribution in [0.1, 0.15) is 5.56 Å². The molecule has 0 aromatic heterocycles. The van der Waals surface area contributed by atoms with E-state index in [0.717, 1.165) is 43.5 Å². The number of hydrogen-bond acceptors (Lipinski definition) is 6. The molecule has 3 rings (SSSR count). The third-order valence-corrected chi connectivity index (χ3v) is 6.01. The Kier molecular flexibility index (Phi) is 5.73. The van der Waals surface area contributed by atoms with Crippen LogP contribution in [0.2, 0.25) is 0 Å². The Labute approximate surface area is 158 Å². The lowest BCUT2D eigenvalue weighted by Crippen LogP contribution is -2.44. The molecule has 27 heavy (non-hydrogen) atoms. The van der Waals surface area contributed by atoms with E-state index in [1.807, 2.05) is 24.3 Å². The molecule has 1 aliphatic heterocycles. The van der Waals surface area contributed by atoms with Crippen LogP contribution in [0.25, 0.3) is 0 Å². The molecule has 2 aromatic rings. The summed E-state index contributed by atoms with van der Waals surface area (Å²) in [6.07, 6.45) is 0. The predicted octanol–water partition coefficient (Wildman–Crippen LogP) is 1.83. The number of anilines is 1. The van der Waals surface area contributed by atoms with E-state index in [0.29, 0.717) is 0 Å². The summed E-state index contributed by atoms with van der Waals surface area (Å²) in [5.41, 5.74) is 1.68. The molecule has 1 fully saturated rings. The van der Waals surface area contributed by atoms with Crippen molar-refractivity contribution in [3.05, 3.63) is 64.2 Å².